The van der Waals surface area contributed by atoms with Crippen LogP contribution in [0.25, 0.3) is 0 Å². The highest BCUT2D eigenvalue weighted by atomic mass is 16.5. The van der Waals surface area contributed by atoms with E-state index < -0.39 is 0 Å². The molecule has 1 aliphatic heterocycles. The second-order valence-electron chi connectivity index (χ2n) is 5.96. The predicted octanol–water partition coefficient (Wildman–Crippen LogP) is 2.48. The summed E-state index contributed by atoms with van der Waals surface area (Å²) in [6, 6.07) is 8.23. The molecule has 1 unspecified atom stereocenters. The fourth-order valence-electron chi connectivity index (χ4n) is 2.40. The molecule has 5 nitrogen and oxygen atoms in total. The van der Waals surface area contributed by atoms with Crippen LogP contribution in [0.1, 0.15) is 38.3 Å². The van der Waals surface area contributed by atoms with Crippen molar-refractivity contribution in [2.24, 2.45) is 16.6 Å². The zero-order valence-electron chi connectivity index (χ0n) is 13.5. The van der Waals surface area contributed by atoms with Crippen molar-refractivity contribution in [1.29, 1.82) is 0 Å². The lowest BCUT2D eigenvalue weighted by molar-refractivity contribution is 0.109. The fraction of sp³-hybridized carbons (Fsp3) is 0.588. The monoisotopic (exact) mass is 305 g/mol. The first-order valence-corrected chi connectivity index (χ1v) is 8.02. The van der Waals surface area contributed by atoms with Crippen molar-refractivity contribution in [3.8, 4) is 5.75 Å². The average Bonchev–Trinajstić information content (AvgIpc) is 2.51. The molecule has 0 saturated carbocycles. The second kappa shape index (κ2) is 8.63. The van der Waals surface area contributed by atoms with E-state index in [1.54, 1.807) is 0 Å². The van der Waals surface area contributed by atoms with Crippen LogP contribution in [-0.2, 0) is 4.74 Å². The number of nitrogens with one attached hydrogen (secondary N) is 1. The van der Waals surface area contributed by atoms with Crippen LogP contribution < -0.4 is 15.8 Å². The highest BCUT2D eigenvalue weighted by molar-refractivity contribution is 5.78. The van der Waals surface area contributed by atoms with Gasteiger partial charge < -0.3 is 20.5 Å². The van der Waals surface area contributed by atoms with E-state index in [0.29, 0.717) is 25.0 Å². The van der Waals surface area contributed by atoms with Crippen molar-refractivity contribution in [1.82, 2.24) is 5.32 Å². The molecular weight excluding hydrogens is 278 g/mol. The highest BCUT2D eigenvalue weighted by Crippen LogP contribution is 2.31. The van der Waals surface area contributed by atoms with E-state index in [1.807, 2.05) is 18.2 Å². The van der Waals surface area contributed by atoms with Crippen LogP contribution in [0, 0.1) is 5.92 Å². The zero-order chi connectivity index (χ0) is 15.8. The van der Waals surface area contributed by atoms with Crippen molar-refractivity contribution in [3.05, 3.63) is 29.8 Å². The summed E-state index contributed by atoms with van der Waals surface area (Å²) >= 11 is 0. The molecule has 5 heteroatoms. The topological polar surface area (TPSA) is 68.9 Å². The minimum Gasteiger partial charge on any atom is -0.493 e. The number of benzene rings is 1. The number of hydrogen-bond acceptors (Lipinski definition) is 3. The maximum absolute atomic E-state index is 5.98. The van der Waals surface area contributed by atoms with Gasteiger partial charge in [-0.1, -0.05) is 32.0 Å². The average molecular weight is 305 g/mol. The summed E-state index contributed by atoms with van der Waals surface area (Å²) < 4.78 is 11.2. The lowest BCUT2D eigenvalue weighted by Gasteiger charge is -2.26. The fourth-order valence-corrected chi connectivity index (χ4v) is 2.40. The molecular formula is C17H27N3O2. The lowest BCUT2D eigenvalue weighted by Crippen LogP contribution is -2.37. The van der Waals surface area contributed by atoms with E-state index in [9.17, 15) is 0 Å². The predicted molar refractivity (Wildman–Crippen MR) is 89.2 cm³/mol. The van der Waals surface area contributed by atoms with Crippen LogP contribution in [0.5, 0.6) is 5.75 Å². The Morgan fingerprint density at radius 1 is 1.45 bits per heavy atom. The third-order valence-corrected chi connectivity index (χ3v) is 3.46. The Bertz CT molecular complexity index is 489. The molecule has 0 saturated heterocycles. The SMILES string of the molecule is CC(C)COCCCN=C(N)NC1CCOc2ccccc21. The number of para-hydroxylation sites is 1. The largest absolute Gasteiger partial charge is 0.493 e. The van der Waals surface area contributed by atoms with Crippen LogP contribution in [0.4, 0.5) is 0 Å². The Labute approximate surface area is 132 Å². The third kappa shape index (κ3) is 5.22. The van der Waals surface area contributed by atoms with Gasteiger partial charge in [0.05, 0.1) is 12.6 Å². The Balaban J connectivity index is 1.75. The standard InChI is InChI=1S/C17H27N3O2/c1-13(2)12-21-10-5-9-19-17(18)20-15-8-11-22-16-7-4-3-6-14(15)16/h3-4,6-7,13,15H,5,8-12H2,1-2H3,(H3,18,19,20). The van der Waals surface area contributed by atoms with Crippen molar-refractivity contribution in [2.75, 3.05) is 26.4 Å². The number of fused-ring (bicyclic) bond motifs is 1. The van der Waals surface area contributed by atoms with Crippen molar-refractivity contribution >= 4 is 5.96 Å². The summed E-state index contributed by atoms with van der Waals surface area (Å²) in [6.07, 6.45) is 1.78. The third-order valence-electron chi connectivity index (χ3n) is 3.46. The summed E-state index contributed by atoms with van der Waals surface area (Å²) in [4.78, 5) is 4.37. The van der Waals surface area contributed by atoms with E-state index in [1.165, 1.54) is 0 Å². The lowest BCUT2D eigenvalue weighted by atomic mass is 10.0. The summed E-state index contributed by atoms with van der Waals surface area (Å²) in [6.45, 7) is 7.20. The number of guanidine groups is 1. The smallest absolute Gasteiger partial charge is 0.189 e. The van der Waals surface area contributed by atoms with Gasteiger partial charge in [-0.3, -0.25) is 4.99 Å². The zero-order valence-corrected chi connectivity index (χ0v) is 13.5. The molecule has 0 bridgehead atoms. The molecule has 2 rings (SSSR count). The first kappa shape index (κ1) is 16.6. The molecule has 1 heterocycles. The summed E-state index contributed by atoms with van der Waals surface area (Å²) in [5.74, 6) is 2.00. The normalized spacial score (nSPS) is 18.0. The van der Waals surface area contributed by atoms with E-state index in [2.05, 4.69) is 30.2 Å². The van der Waals surface area contributed by atoms with E-state index in [4.69, 9.17) is 15.2 Å². The molecule has 1 aromatic rings. The molecule has 0 aliphatic carbocycles. The number of nitrogens with zero attached hydrogens (tertiary/aromatic N) is 1. The molecule has 1 atom stereocenters. The summed E-state index contributed by atoms with van der Waals surface area (Å²) in [5, 5.41) is 3.29. The van der Waals surface area contributed by atoms with Crippen LogP contribution in [-0.4, -0.2) is 32.3 Å². The van der Waals surface area contributed by atoms with Gasteiger partial charge in [-0.25, -0.2) is 0 Å². The van der Waals surface area contributed by atoms with Crippen molar-refractivity contribution < 1.29 is 9.47 Å². The number of nitrogens with two attached hydrogens (primary N) is 1. The minimum atomic E-state index is 0.172. The maximum Gasteiger partial charge on any atom is 0.189 e. The van der Waals surface area contributed by atoms with Gasteiger partial charge >= 0.3 is 0 Å². The van der Waals surface area contributed by atoms with Gasteiger partial charge in [-0.2, -0.15) is 0 Å². The molecule has 0 fully saturated rings. The van der Waals surface area contributed by atoms with Crippen LogP contribution >= 0.6 is 0 Å². The second-order valence-corrected chi connectivity index (χ2v) is 5.96. The van der Waals surface area contributed by atoms with Gasteiger partial charge in [0, 0.05) is 31.7 Å². The van der Waals surface area contributed by atoms with Crippen molar-refractivity contribution in [2.45, 2.75) is 32.7 Å². The quantitative estimate of drug-likeness (QED) is 0.461. The Kier molecular flexibility index (Phi) is 6.52. The molecule has 3 N–H and O–H groups in total. The van der Waals surface area contributed by atoms with E-state index in [-0.39, 0.29) is 6.04 Å². The van der Waals surface area contributed by atoms with Gasteiger partial charge in [0.1, 0.15) is 5.75 Å². The molecule has 0 aromatic heterocycles. The molecule has 0 amide bonds. The van der Waals surface area contributed by atoms with Gasteiger partial charge in [-0.05, 0) is 18.4 Å². The Morgan fingerprint density at radius 2 is 2.27 bits per heavy atom. The Morgan fingerprint density at radius 3 is 3.09 bits per heavy atom. The summed E-state index contributed by atoms with van der Waals surface area (Å²) in [7, 11) is 0. The first-order valence-electron chi connectivity index (χ1n) is 8.02. The summed E-state index contributed by atoms with van der Waals surface area (Å²) in [5.41, 5.74) is 7.13. The molecule has 0 spiro atoms. The molecule has 1 aromatic carbocycles. The van der Waals surface area contributed by atoms with Gasteiger partial charge in [-0.15, -0.1) is 0 Å². The first-order chi connectivity index (χ1) is 10.7. The van der Waals surface area contributed by atoms with Crippen LogP contribution in [0.2, 0.25) is 0 Å². The molecule has 22 heavy (non-hydrogen) atoms. The van der Waals surface area contributed by atoms with Gasteiger partial charge in [0.2, 0.25) is 0 Å². The number of ether oxygens (including phenoxy) is 2. The molecule has 1 aliphatic rings. The highest BCUT2D eigenvalue weighted by Gasteiger charge is 2.20. The van der Waals surface area contributed by atoms with Crippen LogP contribution in [0.15, 0.2) is 29.3 Å². The Hall–Kier alpha value is -1.75. The minimum absolute atomic E-state index is 0.172. The number of aliphatic imine (C=N–C) groups is 1. The molecule has 122 valence electrons. The van der Waals surface area contributed by atoms with E-state index >= 15 is 0 Å². The van der Waals surface area contributed by atoms with Gasteiger partial charge in [0.15, 0.2) is 5.96 Å². The van der Waals surface area contributed by atoms with Crippen LogP contribution in [0.3, 0.4) is 0 Å². The van der Waals surface area contributed by atoms with Gasteiger partial charge in [0.25, 0.3) is 0 Å². The molecule has 0 radical (unpaired) electrons. The van der Waals surface area contributed by atoms with Crippen molar-refractivity contribution in [3.63, 3.8) is 0 Å². The number of rotatable bonds is 7. The maximum atomic E-state index is 5.98. The number of hydrogen-bond donors (Lipinski definition) is 2. The van der Waals surface area contributed by atoms with E-state index in [0.717, 1.165) is 37.4 Å².